The van der Waals surface area contributed by atoms with E-state index in [4.69, 9.17) is 4.74 Å². The number of para-hydroxylation sites is 1. The summed E-state index contributed by atoms with van der Waals surface area (Å²) in [7, 11) is 0. The van der Waals surface area contributed by atoms with E-state index in [0.717, 1.165) is 16.0 Å². The molecule has 0 fully saturated rings. The molecule has 0 saturated carbocycles. The van der Waals surface area contributed by atoms with Gasteiger partial charge in [-0.15, -0.1) is 0 Å². The summed E-state index contributed by atoms with van der Waals surface area (Å²) in [5.74, 6) is 0. The Kier molecular flexibility index (Phi) is 4.93. The molecule has 0 aromatic heterocycles. The molecule has 0 aliphatic heterocycles. The minimum atomic E-state index is -0.672. The largest absolute Gasteiger partial charge is 0.443 e. The zero-order valence-corrected chi connectivity index (χ0v) is 12.4. The van der Waals surface area contributed by atoms with Crippen LogP contribution in [-0.4, -0.2) is 11.7 Å². The predicted molar refractivity (Wildman–Crippen MR) is 79.3 cm³/mol. The van der Waals surface area contributed by atoms with Gasteiger partial charge >= 0.3 is 6.09 Å². The van der Waals surface area contributed by atoms with Crippen LogP contribution in [0.5, 0.6) is 0 Å². The van der Waals surface area contributed by atoms with Crippen molar-refractivity contribution >= 4 is 11.8 Å². The number of amides is 1. The van der Waals surface area contributed by atoms with Crippen molar-refractivity contribution < 1.29 is 9.53 Å². The van der Waals surface area contributed by atoms with Crippen LogP contribution in [0.2, 0.25) is 0 Å². The molecule has 0 heterocycles. The summed E-state index contributed by atoms with van der Waals surface area (Å²) in [6, 6.07) is 7.25. The molecule has 0 saturated heterocycles. The Hall–Kier alpha value is -2.28. The zero-order chi connectivity index (χ0) is 15.3. The maximum Gasteiger partial charge on any atom is 0.428 e. The molecule has 20 heavy (non-hydrogen) atoms. The van der Waals surface area contributed by atoms with Gasteiger partial charge < -0.3 is 4.74 Å². The lowest BCUT2D eigenvalue weighted by Crippen LogP contribution is -2.34. The molecule has 1 aromatic carbocycles. The first kappa shape index (κ1) is 15.8. The van der Waals surface area contributed by atoms with Crippen LogP contribution in [-0.2, 0) is 11.2 Å². The first-order chi connectivity index (χ1) is 9.24. The molecule has 1 aromatic rings. The van der Waals surface area contributed by atoms with Crippen LogP contribution in [0.3, 0.4) is 0 Å². The first-order valence-corrected chi connectivity index (χ1v) is 6.39. The molecule has 0 atom stereocenters. The summed E-state index contributed by atoms with van der Waals surface area (Å²) in [4.78, 5) is 13.1. The first-order valence-electron chi connectivity index (χ1n) is 6.39. The maximum atomic E-state index is 12.1. The van der Waals surface area contributed by atoms with Gasteiger partial charge in [0, 0.05) is 0 Å². The van der Waals surface area contributed by atoms with Gasteiger partial charge in [-0.3, -0.25) is 0 Å². The highest BCUT2D eigenvalue weighted by atomic mass is 16.6. The Morgan fingerprint density at radius 1 is 1.40 bits per heavy atom. The number of carbonyl (C=O) groups is 1. The average molecular weight is 272 g/mol. The molecule has 1 rings (SSSR count). The molecule has 0 N–H and O–H groups in total. The van der Waals surface area contributed by atoms with Crippen molar-refractivity contribution in [3.63, 3.8) is 0 Å². The number of benzene rings is 1. The van der Waals surface area contributed by atoms with E-state index in [-0.39, 0.29) is 0 Å². The van der Waals surface area contributed by atoms with Crippen molar-refractivity contribution in [1.29, 1.82) is 5.26 Å². The van der Waals surface area contributed by atoms with Crippen LogP contribution < -0.4 is 4.90 Å². The van der Waals surface area contributed by atoms with Gasteiger partial charge in [-0.2, -0.15) is 10.2 Å². The molecule has 0 aliphatic carbocycles. The Morgan fingerprint density at radius 2 is 2.00 bits per heavy atom. The summed E-state index contributed by atoms with van der Waals surface area (Å²) in [6.07, 6.45) is 1.82. The van der Waals surface area contributed by atoms with Crippen molar-refractivity contribution in [1.82, 2.24) is 0 Å². The third-order valence-electron chi connectivity index (χ3n) is 2.40. The van der Waals surface area contributed by atoms with E-state index < -0.39 is 11.7 Å². The van der Waals surface area contributed by atoms with Crippen LogP contribution in [0.15, 0.2) is 36.4 Å². The molecule has 0 aliphatic rings. The smallest absolute Gasteiger partial charge is 0.428 e. The van der Waals surface area contributed by atoms with Gasteiger partial charge in [0.2, 0.25) is 0 Å². The van der Waals surface area contributed by atoms with E-state index in [1.165, 1.54) is 0 Å². The number of carbonyl (C=O) groups excluding carboxylic acids is 1. The molecule has 0 radical (unpaired) electrons. The van der Waals surface area contributed by atoms with E-state index >= 15 is 0 Å². The van der Waals surface area contributed by atoms with E-state index in [1.54, 1.807) is 32.9 Å². The molecule has 4 nitrogen and oxygen atoms in total. The number of nitriles is 1. The van der Waals surface area contributed by atoms with Crippen LogP contribution in [0.25, 0.3) is 0 Å². The number of nitrogens with zero attached hydrogens (tertiary/aromatic N) is 2. The van der Waals surface area contributed by atoms with Crippen LogP contribution >= 0.6 is 0 Å². The quantitative estimate of drug-likeness (QED) is 0.474. The number of rotatable bonds is 3. The number of hydrogen-bond acceptors (Lipinski definition) is 3. The Balaban J connectivity index is 3.10. The summed E-state index contributed by atoms with van der Waals surface area (Å²) in [5.41, 5.74) is 1.72. The molecule has 0 unspecified atom stereocenters. The second-order valence-electron chi connectivity index (χ2n) is 5.68. The van der Waals surface area contributed by atoms with Gasteiger partial charge in [0.05, 0.1) is 5.69 Å². The normalized spacial score (nSPS) is 10.6. The summed E-state index contributed by atoms with van der Waals surface area (Å²) in [6.45, 7) is 11.1. The van der Waals surface area contributed by atoms with Crippen molar-refractivity contribution in [3.05, 3.63) is 42.0 Å². The SMILES string of the molecule is C=C(C)Cc1ccccc1N(C#N)C(=O)OC(C)(C)C. The highest BCUT2D eigenvalue weighted by Crippen LogP contribution is 2.24. The fourth-order valence-electron chi connectivity index (χ4n) is 1.70. The van der Waals surface area contributed by atoms with Crippen LogP contribution in [0.1, 0.15) is 33.3 Å². The topological polar surface area (TPSA) is 53.3 Å². The molecular formula is C16H20N2O2. The molecular weight excluding hydrogens is 252 g/mol. The lowest BCUT2D eigenvalue weighted by atomic mass is 10.1. The lowest BCUT2D eigenvalue weighted by Gasteiger charge is -2.24. The summed E-state index contributed by atoms with van der Waals surface area (Å²) in [5, 5.41) is 9.26. The second-order valence-corrected chi connectivity index (χ2v) is 5.68. The van der Waals surface area contributed by atoms with Gasteiger partial charge in [0.25, 0.3) is 0 Å². The zero-order valence-electron chi connectivity index (χ0n) is 12.4. The third kappa shape index (κ3) is 4.43. The molecule has 106 valence electrons. The fourth-order valence-corrected chi connectivity index (χ4v) is 1.70. The highest BCUT2D eigenvalue weighted by molar-refractivity contribution is 5.91. The Bertz CT molecular complexity index is 550. The van der Waals surface area contributed by atoms with Gasteiger partial charge in [0.1, 0.15) is 5.60 Å². The Labute approximate surface area is 120 Å². The fraction of sp³-hybridized carbons (Fsp3) is 0.375. The van der Waals surface area contributed by atoms with E-state index in [1.807, 2.05) is 25.2 Å². The number of anilines is 1. The second kappa shape index (κ2) is 6.25. The van der Waals surface area contributed by atoms with E-state index in [9.17, 15) is 10.1 Å². The van der Waals surface area contributed by atoms with Gasteiger partial charge in [-0.25, -0.2) is 4.79 Å². The lowest BCUT2D eigenvalue weighted by molar-refractivity contribution is 0.0599. The van der Waals surface area contributed by atoms with Crippen molar-refractivity contribution in [2.24, 2.45) is 0 Å². The summed E-state index contributed by atoms with van der Waals surface area (Å²) < 4.78 is 5.25. The van der Waals surface area contributed by atoms with Crippen LogP contribution in [0.4, 0.5) is 10.5 Å². The Morgan fingerprint density at radius 3 is 2.50 bits per heavy atom. The minimum absolute atomic E-state index is 0.534. The van der Waals surface area contributed by atoms with E-state index in [0.29, 0.717) is 12.1 Å². The summed E-state index contributed by atoms with van der Waals surface area (Å²) >= 11 is 0. The monoisotopic (exact) mass is 272 g/mol. The number of allylic oxidation sites excluding steroid dienone is 1. The number of hydrogen-bond donors (Lipinski definition) is 0. The molecule has 4 heteroatoms. The van der Waals surface area contributed by atoms with Crippen molar-refractivity contribution in [3.8, 4) is 6.19 Å². The maximum absolute atomic E-state index is 12.1. The molecule has 0 spiro atoms. The van der Waals surface area contributed by atoms with Gasteiger partial charge in [-0.1, -0.05) is 30.4 Å². The minimum Gasteiger partial charge on any atom is -0.443 e. The van der Waals surface area contributed by atoms with Gasteiger partial charge in [0.15, 0.2) is 6.19 Å². The number of ether oxygens (including phenoxy) is 1. The molecule has 1 amide bonds. The van der Waals surface area contributed by atoms with Gasteiger partial charge in [-0.05, 0) is 45.7 Å². The third-order valence-corrected chi connectivity index (χ3v) is 2.40. The predicted octanol–water partition coefficient (Wildman–Crippen LogP) is 4.03. The highest BCUT2D eigenvalue weighted by Gasteiger charge is 2.24. The standard InChI is InChI=1S/C16H20N2O2/c1-12(2)10-13-8-6-7-9-14(13)18(11-17)15(19)20-16(3,4)5/h6-9H,1,10H2,2-5H3. The van der Waals surface area contributed by atoms with E-state index in [2.05, 4.69) is 6.58 Å². The van der Waals surface area contributed by atoms with Crippen molar-refractivity contribution in [2.45, 2.75) is 39.7 Å². The molecule has 0 bridgehead atoms. The van der Waals surface area contributed by atoms with Crippen molar-refractivity contribution in [2.75, 3.05) is 4.90 Å². The average Bonchev–Trinajstić information content (AvgIpc) is 2.29. The van der Waals surface area contributed by atoms with Crippen LogP contribution in [0, 0.1) is 11.5 Å².